The fourth-order valence-electron chi connectivity index (χ4n) is 2.93. The molecular weight excluding hydrogens is 716 g/mol. The highest BCUT2D eigenvalue weighted by Gasteiger charge is 2.07. The number of unbranched alkanes of at least 4 members (excludes halogenated alkanes) is 4. The Morgan fingerprint density at radius 1 is 0.686 bits per heavy atom. The van der Waals surface area contributed by atoms with Gasteiger partial charge in [0.05, 0.1) is 21.4 Å². The van der Waals surface area contributed by atoms with Crippen LogP contribution in [0.15, 0.2) is 52.4 Å². The predicted molar refractivity (Wildman–Crippen MR) is 151 cm³/mol. The van der Waals surface area contributed by atoms with Crippen molar-refractivity contribution >= 4 is 88.0 Å². The lowest BCUT2D eigenvalue weighted by Gasteiger charge is -2.04. The van der Waals surface area contributed by atoms with Gasteiger partial charge in [-0.3, -0.25) is 9.59 Å². The maximum atomic E-state index is 11.9. The van der Waals surface area contributed by atoms with Crippen molar-refractivity contribution in [3.63, 3.8) is 0 Å². The summed E-state index contributed by atoms with van der Waals surface area (Å²) in [7, 11) is 0. The Labute approximate surface area is 237 Å². The van der Waals surface area contributed by atoms with Gasteiger partial charge >= 0.3 is 0 Å². The maximum absolute atomic E-state index is 11.9. The van der Waals surface area contributed by atoms with Crippen LogP contribution in [0, 0.1) is 0 Å². The van der Waals surface area contributed by atoms with Crippen molar-refractivity contribution in [1.29, 1.82) is 0 Å². The number of benzene rings is 2. The van der Waals surface area contributed by atoms with E-state index in [1.165, 1.54) is 12.4 Å². The van der Waals surface area contributed by atoms with Gasteiger partial charge in [0.1, 0.15) is 11.5 Å². The van der Waals surface area contributed by atoms with Gasteiger partial charge in [-0.05, 0) is 69.0 Å². The highest BCUT2D eigenvalue weighted by atomic mass is 79.9. The van der Waals surface area contributed by atoms with Gasteiger partial charge in [-0.25, -0.2) is 10.9 Å². The fourth-order valence-corrected chi connectivity index (χ4v) is 5.45. The van der Waals surface area contributed by atoms with Gasteiger partial charge < -0.3 is 10.2 Å². The molecule has 2 aromatic rings. The number of hydrogen-bond acceptors (Lipinski definition) is 6. The molecule has 0 radical (unpaired) electrons. The van der Waals surface area contributed by atoms with Crippen LogP contribution in [0.4, 0.5) is 0 Å². The second kappa shape index (κ2) is 15.4. The van der Waals surface area contributed by atoms with Crippen LogP contribution in [0.1, 0.15) is 56.1 Å². The van der Waals surface area contributed by atoms with E-state index in [1.54, 1.807) is 24.3 Å². The molecule has 0 bridgehead atoms. The summed E-state index contributed by atoms with van der Waals surface area (Å²) in [5.74, 6) is -0.307. The summed E-state index contributed by atoms with van der Waals surface area (Å²) in [6.07, 6.45) is 7.55. The van der Waals surface area contributed by atoms with Crippen LogP contribution in [-0.2, 0) is 9.59 Å². The Morgan fingerprint density at radius 3 is 1.46 bits per heavy atom. The third kappa shape index (κ3) is 10.8. The van der Waals surface area contributed by atoms with E-state index in [-0.39, 0.29) is 23.3 Å². The molecule has 0 heterocycles. The highest BCUT2D eigenvalue weighted by molar-refractivity contribution is 9.11. The molecule has 0 spiro atoms. The Balaban J connectivity index is 1.56. The van der Waals surface area contributed by atoms with Gasteiger partial charge in [0, 0.05) is 32.9 Å². The lowest BCUT2D eigenvalue weighted by molar-refractivity contribution is -0.121. The molecule has 2 rings (SSSR count). The first kappa shape index (κ1) is 29.5. The molecule has 2 aromatic carbocycles. The van der Waals surface area contributed by atoms with Gasteiger partial charge in [-0.15, -0.1) is 0 Å². The number of halogens is 4. The number of phenolic OH excluding ortho intramolecular Hbond substituents is 2. The first-order valence-corrected chi connectivity index (χ1v) is 13.8. The number of rotatable bonds is 12. The third-order valence-corrected chi connectivity index (χ3v) is 6.83. The van der Waals surface area contributed by atoms with Gasteiger partial charge in [-0.2, -0.15) is 10.2 Å². The molecule has 2 amide bonds. The van der Waals surface area contributed by atoms with Crippen molar-refractivity contribution in [2.24, 2.45) is 10.2 Å². The first-order chi connectivity index (χ1) is 16.7. The van der Waals surface area contributed by atoms with Crippen LogP contribution < -0.4 is 10.9 Å². The molecule has 4 N–H and O–H groups in total. The zero-order valence-electron chi connectivity index (χ0n) is 18.5. The van der Waals surface area contributed by atoms with E-state index < -0.39 is 0 Å². The van der Waals surface area contributed by atoms with Crippen LogP contribution in [0.25, 0.3) is 0 Å². The van der Waals surface area contributed by atoms with Crippen molar-refractivity contribution < 1.29 is 19.8 Å². The minimum absolute atomic E-state index is 0.0451. The quantitative estimate of drug-likeness (QED) is 0.113. The predicted octanol–water partition coefficient (Wildman–Crippen LogP) is 6.48. The van der Waals surface area contributed by atoms with Crippen LogP contribution in [0.2, 0.25) is 0 Å². The number of phenols is 2. The summed E-state index contributed by atoms with van der Waals surface area (Å²) in [6.45, 7) is 0. The van der Waals surface area contributed by atoms with Gasteiger partial charge in [0.15, 0.2) is 0 Å². The number of hydrogen-bond donors (Lipinski definition) is 4. The first-order valence-electron chi connectivity index (χ1n) is 10.7. The molecule has 0 aliphatic carbocycles. The zero-order valence-corrected chi connectivity index (χ0v) is 24.9. The monoisotopic (exact) mass is 736 g/mol. The Morgan fingerprint density at radius 2 is 1.06 bits per heavy atom. The molecule has 0 aliphatic heterocycles. The number of nitrogens with zero attached hydrogens (tertiary/aromatic N) is 2. The lowest BCUT2D eigenvalue weighted by atomic mass is 10.1. The maximum Gasteiger partial charge on any atom is 0.240 e. The second-order valence-corrected chi connectivity index (χ2v) is 11.0. The Bertz CT molecular complexity index is 1020. The number of aromatic hydroxyl groups is 2. The second-order valence-electron chi connectivity index (χ2n) is 7.51. The molecule has 0 aliphatic rings. The van der Waals surface area contributed by atoms with E-state index in [2.05, 4.69) is 84.8 Å². The molecule has 0 unspecified atom stereocenters. The van der Waals surface area contributed by atoms with Crippen LogP contribution in [-0.4, -0.2) is 34.5 Å². The normalized spacial score (nSPS) is 11.3. The molecule has 12 heteroatoms. The third-order valence-electron chi connectivity index (χ3n) is 4.71. The summed E-state index contributed by atoms with van der Waals surface area (Å²) >= 11 is 13.2. The van der Waals surface area contributed by atoms with Crippen LogP contribution in [0.3, 0.4) is 0 Å². The number of hydrazone groups is 2. The summed E-state index contributed by atoms with van der Waals surface area (Å²) < 4.78 is 2.60. The molecule has 0 saturated carbocycles. The van der Waals surface area contributed by atoms with Crippen molar-refractivity contribution in [2.75, 3.05) is 0 Å². The number of carbonyl (C=O) groups is 2. The molecule has 0 saturated heterocycles. The Kier molecular flexibility index (Phi) is 12.9. The van der Waals surface area contributed by atoms with Crippen molar-refractivity contribution in [3.8, 4) is 11.5 Å². The van der Waals surface area contributed by atoms with Crippen LogP contribution >= 0.6 is 63.7 Å². The Hall–Kier alpha value is -1.76. The highest BCUT2D eigenvalue weighted by Crippen LogP contribution is 2.31. The van der Waals surface area contributed by atoms with E-state index in [1.807, 2.05) is 0 Å². The minimum atomic E-state index is -0.199. The van der Waals surface area contributed by atoms with E-state index >= 15 is 0 Å². The molecule has 8 nitrogen and oxygen atoms in total. The molecule has 0 aromatic heterocycles. The summed E-state index contributed by atoms with van der Waals surface area (Å²) in [4.78, 5) is 23.8. The fraction of sp³-hybridized carbons (Fsp3) is 0.304. The number of amides is 2. The average Bonchev–Trinajstić information content (AvgIpc) is 2.79. The molecule has 35 heavy (non-hydrogen) atoms. The van der Waals surface area contributed by atoms with E-state index in [4.69, 9.17) is 0 Å². The van der Waals surface area contributed by atoms with E-state index in [9.17, 15) is 19.8 Å². The zero-order chi connectivity index (χ0) is 25.8. The van der Waals surface area contributed by atoms with Crippen LogP contribution in [0.5, 0.6) is 11.5 Å². The van der Waals surface area contributed by atoms with Gasteiger partial charge in [-0.1, -0.05) is 51.1 Å². The van der Waals surface area contributed by atoms with Gasteiger partial charge in [0.25, 0.3) is 0 Å². The van der Waals surface area contributed by atoms with E-state index in [0.717, 1.165) is 41.0 Å². The largest absolute Gasteiger partial charge is 0.506 e. The molecular formula is C23H24Br4N4O4. The van der Waals surface area contributed by atoms with Crippen molar-refractivity contribution in [1.82, 2.24) is 10.9 Å². The smallest absolute Gasteiger partial charge is 0.240 e. The molecule has 0 atom stereocenters. The van der Waals surface area contributed by atoms with E-state index in [0.29, 0.717) is 32.9 Å². The molecule has 0 fully saturated rings. The number of carbonyl (C=O) groups excluding carboxylic acids is 2. The number of nitrogens with one attached hydrogen (secondary N) is 2. The van der Waals surface area contributed by atoms with Gasteiger partial charge in [0.2, 0.25) is 11.8 Å². The van der Waals surface area contributed by atoms with Crippen molar-refractivity contribution in [2.45, 2.75) is 44.9 Å². The summed E-state index contributed by atoms with van der Waals surface area (Å²) in [6, 6.07) is 6.80. The topological polar surface area (TPSA) is 123 Å². The standard InChI is InChI=1S/C23H24Br4N4O4/c24-16-8-14(22(34)18(26)10-16)12-28-30-20(32)6-4-2-1-3-5-7-21(33)31-29-13-15-9-17(25)11-19(27)23(15)35/h8-13,34-35H,1-7H2,(H,30,32)(H,31,33). The minimum Gasteiger partial charge on any atom is -0.506 e. The average molecular weight is 740 g/mol. The summed E-state index contributed by atoms with van der Waals surface area (Å²) in [5.41, 5.74) is 5.86. The SMILES string of the molecule is O=C(CCCCCCCC(=O)NN=Cc1cc(Br)cc(Br)c1O)NN=Cc1cc(Br)cc(Br)c1O. The van der Waals surface area contributed by atoms with Crippen molar-refractivity contribution in [3.05, 3.63) is 53.3 Å². The molecule has 188 valence electrons. The summed E-state index contributed by atoms with van der Waals surface area (Å²) in [5, 5.41) is 27.7. The lowest BCUT2D eigenvalue weighted by Crippen LogP contribution is -2.17.